The van der Waals surface area contributed by atoms with Gasteiger partial charge in [-0.25, -0.2) is 0 Å². The molecule has 1 aliphatic carbocycles. The summed E-state index contributed by atoms with van der Waals surface area (Å²) in [6.45, 7) is 0. The quantitative estimate of drug-likeness (QED) is 0.633. The zero-order chi connectivity index (χ0) is 11.8. The summed E-state index contributed by atoms with van der Waals surface area (Å²) in [6.07, 6.45) is 4.96. The minimum absolute atomic E-state index is 0.555. The summed E-state index contributed by atoms with van der Waals surface area (Å²) in [4.78, 5) is 0.637. The van der Waals surface area contributed by atoms with E-state index in [-0.39, 0.29) is 0 Å². The van der Waals surface area contributed by atoms with E-state index in [1.807, 2.05) is 18.2 Å². The van der Waals surface area contributed by atoms with Crippen LogP contribution in [0.1, 0.15) is 37.4 Å². The molecule has 0 N–H and O–H groups in total. The molecule has 2 atom stereocenters. The van der Waals surface area contributed by atoms with E-state index in [1.54, 1.807) is 0 Å². The Balaban J connectivity index is 1.94. The van der Waals surface area contributed by atoms with Crippen LogP contribution in [0.15, 0.2) is 28.7 Å². The first-order valence-corrected chi connectivity index (χ1v) is 7.35. The highest BCUT2D eigenvalue weighted by molar-refractivity contribution is 9.09. The number of benzene rings is 1. The Morgan fingerprint density at radius 1 is 1.24 bits per heavy atom. The Hall–Kier alpha value is -0.470. The second kappa shape index (κ2) is 4.66. The number of rotatable bonds is 1. The van der Waals surface area contributed by atoms with Gasteiger partial charge in [-0.1, -0.05) is 34.0 Å². The maximum absolute atomic E-state index is 5.99. The molecule has 1 aromatic heterocycles. The molecule has 17 heavy (non-hydrogen) atoms. The van der Waals surface area contributed by atoms with Crippen molar-refractivity contribution in [3.8, 4) is 0 Å². The van der Waals surface area contributed by atoms with Gasteiger partial charge in [-0.05, 0) is 43.5 Å². The molecule has 0 saturated heterocycles. The van der Waals surface area contributed by atoms with Crippen molar-refractivity contribution in [2.45, 2.75) is 36.4 Å². The second-order valence-corrected chi connectivity index (χ2v) is 6.52. The zero-order valence-electron chi connectivity index (χ0n) is 9.46. The van der Waals surface area contributed by atoms with E-state index in [9.17, 15) is 0 Å². The average molecular weight is 314 g/mol. The van der Waals surface area contributed by atoms with Crippen LogP contribution < -0.4 is 0 Å². The summed E-state index contributed by atoms with van der Waals surface area (Å²) < 4.78 is 5.93. The third-order valence-corrected chi connectivity index (χ3v) is 4.58. The smallest absolute Gasteiger partial charge is 0.134 e. The van der Waals surface area contributed by atoms with Crippen LogP contribution in [-0.2, 0) is 0 Å². The van der Waals surface area contributed by atoms with Gasteiger partial charge in [0.1, 0.15) is 11.3 Å². The molecular weight excluding hydrogens is 300 g/mol. The van der Waals surface area contributed by atoms with Crippen LogP contribution >= 0.6 is 27.5 Å². The lowest BCUT2D eigenvalue weighted by atomic mass is 9.87. The summed E-state index contributed by atoms with van der Waals surface area (Å²) in [6, 6.07) is 7.95. The molecule has 3 rings (SSSR count). The number of halogens is 2. The van der Waals surface area contributed by atoms with Gasteiger partial charge < -0.3 is 4.42 Å². The average Bonchev–Trinajstić information content (AvgIpc) is 2.72. The number of hydrogen-bond acceptors (Lipinski definition) is 1. The van der Waals surface area contributed by atoms with E-state index in [4.69, 9.17) is 16.0 Å². The van der Waals surface area contributed by atoms with Gasteiger partial charge in [0.25, 0.3) is 0 Å². The minimum atomic E-state index is 0.555. The van der Waals surface area contributed by atoms with Gasteiger partial charge in [0.15, 0.2) is 0 Å². The third-order valence-electron chi connectivity index (χ3n) is 3.51. The van der Waals surface area contributed by atoms with Crippen molar-refractivity contribution in [2.24, 2.45) is 0 Å². The van der Waals surface area contributed by atoms with Gasteiger partial charge in [0.05, 0.1) is 0 Å². The highest BCUT2D eigenvalue weighted by Gasteiger charge is 2.24. The van der Waals surface area contributed by atoms with Crippen LogP contribution in [0.5, 0.6) is 0 Å². The van der Waals surface area contributed by atoms with Gasteiger partial charge in [-0.15, -0.1) is 0 Å². The molecule has 0 spiro atoms. The fourth-order valence-electron chi connectivity index (χ4n) is 2.62. The number of furan rings is 1. The predicted octanol–water partition coefficient (Wildman–Crippen LogP) is 5.51. The van der Waals surface area contributed by atoms with E-state index in [0.29, 0.717) is 10.7 Å². The summed E-state index contributed by atoms with van der Waals surface area (Å²) in [5, 5.41) is 1.89. The largest absolute Gasteiger partial charge is 0.461 e. The molecule has 0 radical (unpaired) electrons. The lowest BCUT2D eigenvalue weighted by molar-refractivity contribution is 0.394. The van der Waals surface area contributed by atoms with E-state index in [1.165, 1.54) is 25.7 Å². The fraction of sp³-hybridized carbons (Fsp3) is 0.429. The number of hydrogen-bond donors (Lipinski definition) is 0. The van der Waals surface area contributed by atoms with Crippen molar-refractivity contribution in [2.75, 3.05) is 0 Å². The maximum Gasteiger partial charge on any atom is 0.134 e. The maximum atomic E-state index is 5.99. The van der Waals surface area contributed by atoms with E-state index in [0.717, 1.165) is 21.8 Å². The Labute approximate surface area is 114 Å². The molecule has 1 aromatic carbocycles. The van der Waals surface area contributed by atoms with Crippen LogP contribution in [0.2, 0.25) is 5.02 Å². The van der Waals surface area contributed by atoms with Crippen LogP contribution in [0.3, 0.4) is 0 Å². The van der Waals surface area contributed by atoms with Gasteiger partial charge in [-0.3, -0.25) is 0 Å². The van der Waals surface area contributed by atoms with Gasteiger partial charge in [0, 0.05) is 21.2 Å². The highest BCUT2D eigenvalue weighted by atomic mass is 79.9. The normalized spacial score (nSPS) is 25.3. The third kappa shape index (κ3) is 2.38. The molecule has 2 aromatic rings. The standard InChI is InChI=1S/C14H14BrClO/c15-11-3-1-2-9(6-11)14-8-10-7-12(16)4-5-13(10)17-14/h4-5,7-9,11H,1-3,6H2. The molecule has 0 amide bonds. The topological polar surface area (TPSA) is 13.1 Å². The first-order chi connectivity index (χ1) is 8.22. The van der Waals surface area contributed by atoms with Gasteiger partial charge >= 0.3 is 0 Å². The number of fused-ring (bicyclic) bond motifs is 1. The molecule has 1 aliphatic rings. The van der Waals surface area contributed by atoms with Gasteiger partial charge in [0.2, 0.25) is 0 Å². The Morgan fingerprint density at radius 3 is 2.94 bits per heavy atom. The first-order valence-electron chi connectivity index (χ1n) is 6.05. The molecule has 1 heterocycles. The number of alkyl halides is 1. The molecule has 3 heteroatoms. The lowest BCUT2D eigenvalue weighted by Gasteiger charge is -2.23. The molecule has 1 fully saturated rings. The van der Waals surface area contributed by atoms with Crippen molar-refractivity contribution in [3.05, 3.63) is 35.0 Å². The van der Waals surface area contributed by atoms with Crippen LogP contribution in [0.4, 0.5) is 0 Å². The van der Waals surface area contributed by atoms with E-state index in [2.05, 4.69) is 22.0 Å². The monoisotopic (exact) mass is 312 g/mol. The Kier molecular flexibility index (Phi) is 3.18. The fourth-order valence-corrected chi connectivity index (χ4v) is 3.58. The molecular formula is C14H14BrClO. The van der Waals surface area contributed by atoms with Crippen molar-refractivity contribution in [1.29, 1.82) is 0 Å². The van der Waals surface area contributed by atoms with E-state index < -0.39 is 0 Å². The molecule has 0 aliphatic heterocycles. The van der Waals surface area contributed by atoms with Crippen LogP contribution in [0, 0.1) is 0 Å². The summed E-state index contributed by atoms with van der Waals surface area (Å²) in [5.74, 6) is 1.67. The van der Waals surface area contributed by atoms with Crippen LogP contribution in [0.25, 0.3) is 11.0 Å². The first kappa shape index (κ1) is 11.6. The Bertz CT molecular complexity index is 534. The SMILES string of the molecule is Clc1ccc2oc(C3CCCC(Br)C3)cc2c1. The molecule has 1 nitrogen and oxygen atoms in total. The zero-order valence-corrected chi connectivity index (χ0v) is 11.8. The van der Waals surface area contributed by atoms with Crippen molar-refractivity contribution >= 4 is 38.5 Å². The molecule has 90 valence electrons. The van der Waals surface area contributed by atoms with Crippen molar-refractivity contribution in [1.82, 2.24) is 0 Å². The minimum Gasteiger partial charge on any atom is -0.461 e. The summed E-state index contributed by atoms with van der Waals surface area (Å²) in [7, 11) is 0. The van der Waals surface area contributed by atoms with E-state index >= 15 is 0 Å². The predicted molar refractivity (Wildman–Crippen MR) is 75.1 cm³/mol. The molecule has 2 unspecified atom stereocenters. The second-order valence-electron chi connectivity index (χ2n) is 4.79. The lowest BCUT2D eigenvalue weighted by Crippen LogP contribution is -2.12. The summed E-state index contributed by atoms with van der Waals surface area (Å²) in [5.41, 5.74) is 0.945. The van der Waals surface area contributed by atoms with Crippen molar-refractivity contribution in [3.63, 3.8) is 0 Å². The van der Waals surface area contributed by atoms with Crippen LogP contribution in [-0.4, -0.2) is 4.83 Å². The summed E-state index contributed by atoms with van der Waals surface area (Å²) >= 11 is 9.71. The Morgan fingerprint density at radius 2 is 2.12 bits per heavy atom. The highest BCUT2D eigenvalue weighted by Crippen LogP contribution is 2.38. The van der Waals surface area contributed by atoms with Crippen molar-refractivity contribution < 1.29 is 4.42 Å². The molecule has 1 saturated carbocycles. The van der Waals surface area contributed by atoms with Gasteiger partial charge in [-0.2, -0.15) is 0 Å². The molecule has 0 bridgehead atoms.